The highest BCUT2D eigenvalue weighted by Gasteiger charge is 2.51. The maximum atomic E-state index is 13.9. The lowest BCUT2D eigenvalue weighted by atomic mass is 10.0. The number of aryl methyl sites for hydroxylation is 1. The van der Waals surface area contributed by atoms with E-state index in [1.54, 1.807) is 22.2 Å². The standard InChI is InChI=1S/C21H31N3O3S/c1-6-18-15-27-21(4,13-12-16(2)3)24(18)28(25,26)19-14-23(5)22-20(19)17-10-8-7-9-11-17/h7-11,14,16,18H,6,12-13,15H2,1-5H3. The molecule has 0 radical (unpaired) electrons. The first kappa shape index (κ1) is 21.0. The third-order valence-electron chi connectivity index (χ3n) is 5.42. The van der Waals surface area contributed by atoms with Gasteiger partial charge in [-0.1, -0.05) is 51.1 Å². The van der Waals surface area contributed by atoms with E-state index in [0.29, 0.717) is 31.1 Å². The second-order valence-electron chi connectivity index (χ2n) is 8.16. The van der Waals surface area contributed by atoms with Crippen molar-refractivity contribution in [3.63, 3.8) is 0 Å². The smallest absolute Gasteiger partial charge is 0.249 e. The first-order valence-corrected chi connectivity index (χ1v) is 11.4. The van der Waals surface area contributed by atoms with Crippen molar-refractivity contribution >= 4 is 10.0 Å². The highest BCUT2D eigenvalue weighted by molar-refractivity contribution is 7.89. The van der Waals surface area contributed by atoms with E-state index in [2.05, 4.69) is 18.9 Å². The van der Waals surface area contributed by atoms with Crippen molar-refractivity contribution in [2.75, 3.05) is 6.61 Å². The topological polar surface area (TPSA) is 64.4 Å². The largest absolute Gasteiger partial charge is 0.358 e. The van der Waals surface area contributed by atoms with Crippen LogP contribution in [0.25, 0.3) is 11.3 Å². The molecule has 0 N–H and O–H groups in total. The van der Waals surface area contributed by atoms with E-state index >= 15 is 0 Å². The van der Waals surface area contributed by atoms with Crippen molar-refractivity contribution in [3.05, 3.63) is 36.5 Å². The minimum absolute atomic E-state index is 0.175. The average molecular weight is 406 g/mol. The highest BCUT2D eigenvalue weighted by atomic mass is 32.2. The van der Waals surface area contributed by atoms with Crippen LogP contribution in [-0.2, 0) is 21.8 Å². The second-order valence-corrected chi connectivity index (χ2v) is 9.95. The number of benzene rings is 1. The molecular weight excluding hydrogens is 374 g/mol. The van der Waals surface area contributed by atoms with Crippen LogP contribution in [0.2, 0.25) is 0 Å². The molecule has 2 atom stereocenters. The first-order valence-electron chi connectivity index (χ1n) is 9.96. The van der Waals surface area contributed by atoms with Crippen molar-refractivity contribution in [3.8, 4) is 11.3 Å². The Balaban J connectivity index is 2.08. The number of hydrogen-bond donors (Lipinski definition) is 0. The molecule has 7 heteroatoms. The maximum absolute atomic E-state index is 13.9. The monoisotopic (exact) mass is 405 g/mol. The van der Waals surface area contributed by atoms with Crippen LogP contribution in [0.4, 0.5) is 0 Å². The maximum Gasteiger partial charge on any atom is 0.249 e. The van der Waals surface area contributed by atoms with Gasteiger partial charge in [0.2, 0.25) is 10.0 Å². The van der Waals surface area contributed by atoms with Gasteiger partial charge < -0.3 is 4.74 Å². The molecule has 2 aromatic rings. The molecule has 0 aliphatic carbocycles. The molecule has 2 heterocycles. The summed E-state index contributed by atoms with van der Waals surface area (Å²) in [7, 11) is -2.04. The number of sulfonamides is 1. The molecule has 0 saturated carbocycles. The van der Waals surface area contributed by atoms with Gasteiger partial charge in [0, 0.05) is 18.8 Å². The van der Waals surface area contributed by atoms with Crippen molar-refractivity contribution in [1.82, 2.24) is 14.1 Å². The Bertz CT molecular complexity index is 908. The van der Waals surface area contributed by atoms with Crippen molar-refractivity contribution in [2.45, 2.75) is 63.6 Å². The van der Waals surface area contributed by atoms with Crippen LogP contribution in [0, 0.1) is 5.92 Å². The molecule has 6 nitrogen and oxygen atoms in total. The molecule has 1 aromatic carbocycles. The quantitative estimate of drug-likeness (QED) is 0.697. The Kier molecular flexibility index (Phi) is 5.98. The average Bonchev–Trinajstić information content (AvgIpc) is 3.22. The molecular formula is C21H31N3O3S. The summed E-state index contributed by atoms with van der Waals surface area (Å²) in [6.45, 7) is 8.62. The van der Waals surface area contributed by atoms with Gasteiger partial charge in [-0.15, -0.1) is 0 Å². The molecule has 154 valence electrons. The van der Waals surface area contributed by atoms with Crippen LogP contribution < -0.4 is 0 Å². The van der Waals surface area contributed by atoms with Crippen molar-refractivity contribution in [1.29, 1.82) is 0 Å². The summed E-state index contributed by atoms with van der Waals surface area (Å²) < 4.78 is 37.0. The molecule has 1 saturated heterocycles. The summed E-state index contributed by atoms with van der Waals surface area (Å²) in [5, 5.41) is 4.46. The molecule has 0 bridgehead atoms. The molecule has 0 amide bonds. The van der Waals surface area contributed by atoms with Gasteiger partial charge in [-0.2, -0.15) is 9.40 Å². The van der Waals surface area contributed by atoms with Crippen LogP contribution in [-0.4, -0.2) is 40.9 Å². The minimum Gasteiger partial charge on any atom is -0.358 e. The summed E-state index contributed by atoms with van der Waals surface area (Å²) in [6, 6.07) is 9.28. The van der Waals surface area contributed by atoms with Gasteiger partial charge in [0.05, 0.1) is 12.6 Å². The van der Waals surface area contributed by atoms with E-state index in [-0.39, 0.29) is 10.9 Å². The predicted molar refractivity (Wildman–Crippen MR) is 110 cm³/mol. The summed E-state index contributed by atoms with van der Waals surface area (Å²) >= 11 is 0. The highest BCUT2D eigenvalue weighted by Crippen LogP contribution is 2.40. The Labute approximate surface area is 168 Å². The third kappa shape index (κ3) is 3.88. The zero-order valence-electron chi connectivity index (χ0n) is 17.4. The molecule has 3 rings (SSSR count). The van der Waals surface area contributed by atoms with Crippen molar-refractivity contribution < 1.29 is 13.2 Å². The number of nitrogens with zero attached hydrogens (tertiary/aromatic N) is 3. The third-order valence-corrected chi connectivity index (χ3v) is 7.48. The van der Waals surface area contributed by atoms with Crippen LogP contribution in [0.5, 0.6) is 0 Å². The number of aromatic nitrogens is 2. The van der Waals surface area contributed by atoms with Gasteiger partial charge in [-0.25, -0.2) is 8.42 Å². The zero-order valence-corrected chi connectivity index (χ0v) is 18.2. The minimum atomic E-state index is -3.79. The molecule has 1 aromatic heterocycles. The summed E-state index contributed by atoms with van der Waals surface area (Å²) in [5.74, 6) is 0.476. The molecule has 1 aliphatic rings. The van der Waals surface area contributed by atoms with Crippen LogP contribution in [0.1, 0.15) is 47.0 Å². The van der Waals surface area contributed by atoms with E-state index < -0.39 is 15.7 Å². The number of rotatable bonds is 7. The van der Waals surface area contributed by atoms with Gasteiger partial charge >= 0.3 is 0 Å². The molecule has 2 unspecified atom stereocenters. The van der Waals surface area contributed by atoms with E-state index in [0.717, 1.165) is 12.0 Å². The van der Waals surface area contributed by atoms with E-state index in [9.17, 15) is 8.42 Å². The van der Waals surface area contributed by atoms with Gasteiger partial charge in [-0.3, -0.25) is 4.68 Å². The van der Waals surface area contributed by atoms with Crippen LogP contribution >= 0.6 is 0 Å². The lowest BCUT2D eigenvalue weighted by molar-refractivity contribution is -0.0433. The predicted octanol–water partition coefficient (Wildman–Crippen LogP) is 4.04. The van der Waals surface area contributed by atoms with E-state index in [1.165, 1.54) is 0 Å². The van der Waals surface area contributed by atoms with Gasteiger partial charge in [0.15, 0.2) is 0 Å². The normalized spacial score (nSPS) is 23.6. The zero-order chi connectivity index (χ0) is 20.5. The lowest BCUT2D eigenvalue weighted by Gasteiger charge is -2.35. The van der Waals surface area contributed by atoms with Gasteiger partial charge in [-0.05, 0) is 32.1 Å². The van der Waals surface area contributed by atoms with Crippen LogP contribution in [0.3, 0.4) is 0 Å². The van der Waals surface area contributed by atoms with Gasteiger partial charge in [0.25, 0.3) is 0 Å². The second kappa shape index (κ2) is 7.97. The summed E-state index contributed by atoms with van der Waals surface area (Å²) in [6.07, 6.45) is 3.88. The molecule has 0 spiro atoms. The number of ether oxygens (including phenoxy) is 1. The van der Waals surface area contributed by atoms with Crippen molar-refractivity contribution in [2.24, 2.45) is 13.0 Å². The fourth-order valence-corrected chi connectivity index (χ4v) is 5.98. The van der Waals surface area contributed by atoms with E-state index in [1.807, 2.05) is 44.2 Å². The van der Waals surface area contributed by atoms with E-state index in [4.69, 9.17) is 4.74 Å². The summed E-state index contributed by atoms with van der Waals surface area (Å²) in [5.41, 5.74) is 0.433. The molecule has 1 fully saturated rings. The number of hydrogen-bond acceptors (Lipinski definition) is 4. The fraction of sp³-hybridized carbons (Fsp3) is 0.571. The Morgan fingerprint density at radius 1 is 1.29 bits per heavy atom. The molecule has 28 heavy (non-hydrogen) atoms. The Hall–Kier alpha value is -1.70. The lowest BCUT2D eigenvalue weighted by Crippen LogP contribution is -2.49. The summed E-state index contributed by atoms with van der Waals surface area (Å²) in [4.78, 5) is 0.237. The fourth-order valence-electron chi connectivity index (χ4n) is 3.82. The molecule has 1 aliphatic heterocycles. The van der Waals surface area contributed by atoms with Crippen LogP contribution in [0.15, 0.2) is 41.4 Å². The van der Waals surface area contributed by atoms with Gasteiger partial charge in [0.1, 0.15) is 16.3 Å². The Morgan fingerprint density at radius 3 is 2.57 bits per heavy atom. The first-order chi connectivity index (χ1) is 13.2. The SMILES string of the molecule is CCC1COC(C)(CCC(C)C)N1S(=O)(=O)c1cn(C)nc1-c1ccccc1. The Morgan fingerprint density at radius 2 is 1.96 bits per heavy atom.